The van der Waals surface area contributed by atoms with Crippen LogP contribution < -0.4 is 4.90 Å². The van der Waals surface area contributed by atoms with Crippen molar-refractivity contribution in [3.05, 3.63) is 42.0 Å². The zero-order valence-corrected chi connectivity index (χ0v) is 10.5. The monoisotopic (exact) mass is 241 g/mol. The third-order valence-corrected chi connectivity index (χ3v) is 5.15. The Kier molecular flexibility index (Phi) is 2.28. The number of nitrogens with zero attached hydrogens (tertiary/aromatic N) is 1. The van der Waals surface area contributed by atoms with E-state index in [1.807, 2.05) is 12.1 Å². The first-order chi connectivity index (χ1) is 8.85. The Morgan fingerprint density at radius 1 is 1.00 bits per heavy atom. The fraction of sp³-hybridized carbons (Fsp3) is 0.500. The summed E-state index contributed by atoms with van der Waals surface area (Å²) in [5.74, 6) is 3.47. The Morgan fingerprint density at radius 3 is 2.17 bits per heavy atom. The maximum absolute atomic E-state index is 9.08. The summed E-state index contributed by atoms with van der Waals surface area (Å²) in [5.41, 5.74) is 2.32. The number of fused-ring (bicyclic) bond motifs is 5. The number of anilines is 1. The first-order valence-electron chi connectivity index (χ1n) is 6.98. The minimum Gasteiger partial charge on any atom is -0.392 e. The molecule has 18 heavy (non-hydrogen) atoms. The van der Waals surface area contributed by atoms with Gasteiger partial charge >= 0.3 is 0 Å². The molecular weight excluding hydrogens is 222 g/mol. The maximum Gasteiger partial charge on any atom is 0.0681 e. The van der Waals surface area contributed by atoms with Crippen molar-refractivity contribution < 1.29 is 5.11 Å². The Hall–Kier alpha value is -1.28. The van der Waals surface area contributed by atoms with E-state index in [0.29, 0.717) is 0 Å². The van der Waals surface area contributed by atoms with Crippen molar-refractivity contribution in [1.29, 1.82) is 0 Å². The predicted octanol–water partition coefficient (Wildman–Crippen LogP) is 2.44. The average Bonchev–Trinajstić information content (AvgIpc) is 3.10. The minimum absolute atomic E-state index is 0.138. The van der Waals surface area contributed by atoms with Gasteiger partial charge in [-0.05, 0) is 47.8 Å². The highest BCUT2D eigenvalue weighted by Crippen LogP contribution is 2.51. The minimum atomic E-state index is 0.138. The van der Waals surface area contributed by atoms with Gasteiger partial charge in [-0.15, -0.1) is 0 Å². The highest BCUT2D eigenvalue weighted by Gasteiger charge is 2.49. The van der Waals surface area contributed by atoms with Crippen molar-refractivity contribution in [2.45, 2.75) is 13.0 Å². The molecule has 2 aliphatic carbocycles. The van der Waals surface area contributed by atoms with E-state index in [9.17, 15) is 0 Å². The van der Waals surface area contributed by atoms with Gasteiger partial charge in [0, 0.05) is 18.8 Å². The van der Waals surface area contributed by atoms with E-state index >= 15 is 0 Å². The number of hydrogen-bond acceptors (Lipinski definition) is 2. The van der Waals surface area contributed by atoms with E-state index in [0.717, 1.165) is 29.2 Å². The van der Waals surface area contributed by atoms with Crippen LogP contribution in [0.2, 0.25) is 0 Å². The first-order valence-corrected chi connectivity index (χ1v) is 6.98. The van der Waals surface area contributed by atoms with Gasteiger partial charge in [-0.1, -0.05) is 24.3 Å². The molecule has 1 aliphatic heterocycles. The zero-order valence-electron chi connectivity index (χ0n) is 10.5. The second-order valence-electron chi connectivity index (χ2n) is 6.01. The molecule has 4 atom stereocenters. The SMILES string of the molecule is OCc1ccc(N2C[C@@H]3[C@H](C2)[C@@H]2C=C[C@H]3C2)cc1. The normalized spacial score (nSPS) is 36.4. The Balaban J connectivity index is 1.54. The molecule has 2 nitrogen and oxygen atoms in total. The highest BCUT2D eigenvalue weighted by molar-refractivity contribution is 5.49. The summed E-state index contributed by atoms with van der Waals surface area (Å²) >= 11 is 0. The van der Waals surface area contributed by atoms with Crippen molar-refractivity contribution in [2.24, 2.45) is 23.7 Å². The van der Waals surface area contributed by atoms with E-state index in [-0.39, 0.29) is 6.61 Å². The molecule has 0 unspecified atom stereocenters. The molecule has 1 saturated heterocycles. The lowest BCUT2D eigenvalue weighted by Crippen LogP contribution is -2.22. The van der Waals surface area contributed by atoms with Gasteiger partial charge in [0.15, 0.2) is 0 Å². The van der Waals surface area contributed by atoms with Crippen LogP contribution >= 0.6 is 0 Å². The molecule has 0 spiro atoms. The molecule has 2 bridgehead atoms. The lowest BCUT2D eigenvalue weighted by Gasteiger charge is -2.21. The molecule has 3 aliphatic rings. The van der Waals surface area contributed by atoms with Crippen LogP contribution in [-0.4, -0.2) is 18.2 Å². The molecule has 0 amide bonds. The van der Waals surface area contributed by atoms with Crippen LogP contribution in [0, 0.1) is 23.7 Å². The van der Waals surface area contributed by atoms with Gasteiger partial charge in [0.05, 0.1) is 6.61 Å². The Bertz CT molecular complexity index is 458. The molecule has 94 valence electrons. The Morgan fingerprint density at radius 2 is 1.61 bits per heavy atom. The summed E-state index contributed by atoms with van der Waals surface area (Å²) in [6.07, 6.45) is 6.31. The lowest BCUT2D eigenvalue weighted by molar-refractivity contribution is 0.282. The van der Waals surface area contributed by atoms with Gasteiger partial charge < -0.3 is 10.0 Å². The standard InChI is InChI=1S/C16H19NO/c18-10-11-1-5-14(6-2-11)17-8-15-12-3-4-13(7-12)16(15)9-17/h1-6,12-13,15-16,18H,7-10H2/t12-,13+,15-,16+. The largest absolute Gasteiger partial charge is 0.392 e. The zero-order chi connectivity index (χ0) is 12.1. The van der Waals surface area contributed by atoms with E-state index in [4.69, 9.17) is 5.11 Å². The summed E-state index contributed by atoms with van der Waals surface area (Å²) in [5, 5.41) is 9.08. The van der Waals surface area contributed by atoms with Crippen molar-refractivity contribution in [3.63, 3.8) is 0 Å². The second kappa shape index (κ2) is 3.86. The van der Waals surface area contributed by atoms with Crippen molar-refractivity contribution in [3.8, 4) is 0 Å². The quantitative estimate of drug-likeness (QED) is 0.804. The van der Waals surface area contributed by atoms with Crippen LogP contribution in [0.1, 0.15) is 12.0 Å². The third kappa shape index (κ3) is 1.45. The highest BCUT2D eigenvalue weighted by atomic mass is 16.3. The van der Waals surface area contributed by atoms with Crippen LogP contribution in [0.25, 0.3) is 0 Å². The molecule has 0 radical (unpaired) electrons. The van der Waals surface area contributed by atoms with Crippen molar-refractivity contribution in [2.75, 3.05) is 18.0 Å². The molecular formula is C16H19NO. The van der Waals surface area contributed by atoms with E-state index < -0.39 is 0 Å². The van der Waals surface area contributed by atoms with E-state index in [1.54, 1.807) is 0 Å². The number of benzene rings is 1. The smallest absolute Gasteiger partial charge is 0.0681 e. The fourth-order valence-corrected chi connectivity index (χ4v) is 4.17. The van der Waals surface area contributed by atoms with Gasteiger partial charge in [0.2, 0.25) is 0 Å². The first kappa shape index (κ1) is 10.6. The molecule has 1 heterocycles. The topological polar surface area (TPSA) is 23.5 Å². The van der Waals surface area contributed by atoms with Crippen molar-refractivity contribution in [1.82, 2.24) is 0 Å². The van der Waals surface area contributed by atoms with Gasteiger partial charge in [0.25, 0.3) is 0 Å². The van der Waals surface area contributed by atoms with E-state index in [1.165, 1.54) is 25.2 Å². The lowest BCUT2D eigenvalue weighted by atomic mass is 9.86. The summed E-state index contributed by atoms with van der Waals surface area (Å²) in [4.78, 5) is 2.53. The molecule has 1 aromatic carbocycles. The summed E-state index contributed by atoms with van der Waals surface area (Å²) in [6.45, 7) is 2.57. The summed E-state index contributed by atoms with van der Waals surface area (Å²) in [7, 11) is 0. The van der Waals surface area contributed by atoms with Gasteiger partial charge in [-0.25, -0.2) is 0 Å². The molecule has 0 aromatic heterocycles. The van der Waals surface area contributed by atoms with Crippen LogP contribution in [0.4, 0.5) is 5.69 Å². The number of hydrogen-bond donors (Lipinski definition) is 1. The number of allylic oxidation sites excluding steroid dienone is 2. The number of aliphatic hydroxyl groups is 1. The van der Waals surface area contributed by atoms with Crippen LogP contribution in [0.3, 0.4) is 0 Å². The van der Waals surface area contributed by atoms with Crippen molar-refractivity contribution >= 4 is 5.69 Å². The molecule has 2 heteroatoms. The summed E-state index contributed by atoms with van der Waals surface area (Å²) in [6, 6.07) is 8.39. The van der Waals surface area contributed by atoms with Crippen LogP contribution in [-0.2, 0) is 6.61 Å². The number of aliphatic hydroxyl groups excluding tert-OH is 1. The third-order valence-electron chi connectivity index (χ3n) is 5.15. The molecule has 4 rings (SSSR count). The maximum atomic E-state index is 9.08. The van der Waals surface area contributed by atoms with Gasteiger partial charge in [-0.3, -0.25) is 0 Å². The fourth-order valence-electron chi connectivity index (χ4n) is 4.17. The average molecular weight is 241 g/mol. The molecule has 1 N–H and O–H groups in total. The number of rotatable bonds is 2. The van der Waals surface area contributed by atoms with E-state index in [2.05, 4.69) is 29.2 Å². The van der Waals surface area contributed by atoms with Gasteiger partial charge in [-0.2, -0.15) is 0 Å². The molecule has 1 saturated carbocycles. The molecule has 1 aromatic rings. The second-order valence-corrected chi connectivity index (χ2v) is 6.01. The Labute approximate surface area is 108 Å². The van der Waals surface area contributed by atoms with Crippen LogP contribution in [0.15, 0.2) is 36.4 Å². The summed E-state index contributed by atoms with van der Waals surface area (Å²) < 4.78 is 0. The van der Waals surface area contributed by atoms with Crippen LogP contribution in [0.5, 0.6) is 0 Å². The van der Waals surface area contributed by atoms with Gasteiger partial charge in [0.1, 0.15) is 0 Å². The molecule has 2 fully saturated rings. The predicted molar refractivity (Wildman–Crippen MR) is 72.3 cm³/mol.